The van der Waals surface area contributed by atoms with Crippen molar-refractivity contribution < 1.29 is 0 Å². The highest BCUT2D eigenvalue weighted by atomic mass is 79.9. The molecular formula is C8H10BrN. The lowest BCUT2D eigenvalue weighted by Crippen LogP contribution is -2.01. The number of allylic oxidation sites excluding steroid dienone is 3. The fraction of sp³-hybridized carbons (Fsp3) is 0.250. The van der Waals surface area contributed by atoms with Gasteiger partial charge in [-0.2, -0.15) is 0 Å². The van der Waals surface area contributed by atoms with Gasteiger partial charge in [-0.3, -0.25) is 0 Å². The van der Waals surface area contributed by atoms with Gasteiger partial charge in [0.15, 0.2) is 0 Å². The van der Waals surface area contributed by atoms with Crippen molar-refractivity contribution in [3.05, 3.63) is 35.0 Å². The molecule has 1 rings (SSSR count). The van der Waals surface area contributed by atoms with Crippen LogP contribution in [0, 0.1) is 0 Å². The molecule has 54 valence electrons. The summed E-state index contributed by atoms with van der Waals surface area (Å²) >= 11 is 3.27. The van der Waals surface area contributed by atoms with E-state index in [1.165, 1.54) is 5.57 Å². The van der Waals surface area contributed by atoms with Gasteiger partial charge in [0, 0.05) is 16.7 Å². The normalized spacial score (nSPS) is 21.3. The average molecular weight is 200 g/mol. The minimum Gasteiger partial charge on any atom is -0.385 e. The molecule has 10 heavy (non-hydrogen) atoms. The first-order valence-corrected chi connectivity index (χ1v) is 3.97. The number of hydrogen-bond donors (Lipinski definition) is 1. The predicted molar refractivity (Wildman–Crippen MR) is 47.9 cm³/mol. The maximum absolute atomic E-state index is 3.85. The minimum absolute atomic E-state index is 0.910. The Morgan fingerprint density at radius 1 is 1.70 bits per heavy atom. The Labute approximate surface area is 69.6 Å². The van der Waals surface area contributed by atoms with Crippen molar-refractivity contribution in [2.45, 2.75) is 6.42 Å². The molecule has 0 aliphatic carbocycles. The average Bonchev–Trinajstić information content (AvgIpc) is 2.15. The van der Waals surface area contributed by atoms with Gasteiger partial charge in [0.2, 0.25) is 0 Å². The Morgan fingerprint density at radius 2 is 2.40 bits per heavy atom. The van der Waals surface area contributed by atoms with E-state index in [-0.39, 0.29) is 0 Å². The van der Waals surface area contributed by atoms with Crippen molar-refractivity contribution in [3.63, 3.8) is 0 Å². The van der Waals surface area contributed by atoms with E-state index in [2.05, 4.69) is 34.4 Å². The quantitative estimate of drug-likeness (QED) is 0.684. The molecule has 0 atom stereocenters. The molecule has 1 nitrogen and oxygen atoms in total. The van der Waals surface area contributed by atoms with Crippen LogP contribution >= 0.6 is 15.9 Å². The molecule has 1 saturated heterocycles. The predicted octanol–water partition coefficient (Wildman–Crippen LogP) is 2.33. The minimum atomic E-state index is 0.910. The zero-order chi connectivity index (χ0) is 7.56. The standard InChI is InChI=1S/C8H10BrN/c1-6(9)5-8-3-4-10-7(8)2/h5,10H,1-4H2/b8-5-. The molecule has 0 bridgehead atoms. The highest BCUT2D eigenvalue weighted by Gasteiger charge is 2.08. The van der Waals surface area contributed by atoms with Crippen molar-refractivity contribution in [2.24, 2.45) is 0 Å². The lowest BCUT2D eigenvalue weighted by atomic mass is 10.2. The molecule has 0 aromatic carbocycles. The zero-order valence-electron chi connectivity index (χ0n) is 5.78. The van der Waals surface area contributed by atoms with Crippen LogP contribution in [0.1, 0.15) is 6.42 Å². The van der Waals surface area contributed by atoms with E-state index in [4.69, 9.17) is 0 Å². The highest BCUT2D eigenvalue weighted by Crippen LogP contribution is 2.19. The third kappa shape index (κ3) is 1.74. The lowest BCUT2D eigenvalue weighted by molar-refractivity contribution is 0.917. The smallest absolute Gasteiger partial charge is 0.0300 e. The Kier molecular flexibility index (Phi) is 2.33. The summed E-state index contributed by atoms with van der Waals surface area (Å²) in [7, 11) is 0. The van der Waals surface area contributed by atoms with Gasteiger partial charge in [0.25, 0.3) is 0 Å². The molecule has 0 radical (unpaired) electrons. The van der Waals surface area contributed by atoms with Gasteiger partial charge in [-0.25, -0.2) is 0 Å². The maximum atomic E-state index is 3.85. The van der Waals surface area contributed by atoms with Gasteiger partial charge in [-0.15, -0.1) is 0 Å². The first-order valence-electron chi connectivity index (χ1n) is 3.18. The van der Waals surface area contributed by atoms with Crippen molar-refractivity contribution >= 4 is 15.9 Å². The molecule has 0 amide bonds. The summed E-state index contributed by atoms with van der Waals surface area (Å²) in [5, 5.41) is 3.15. The summed E-state index contributed by atoms with van der Waals surface area (Å²) in [4.78, 5) is 0. The molecule has 1 N–H and O–H groups in total. The lowest BCUT2D eigenvalue weighted by Gasteiger charge is -1.95. The molecular weight excluding hydrogens is 190 g/mol. The first kappa shape index (κ1) is 7.61. The van der Waals surface area contributed by atoms with E-state index in [9.17, 15) is 0 Å². The maximum Gasteiger partial charge on any atom is 0.0300 e. The van der Waals surface area contributed by atoms with Crippen LogP contribution in [-0.4, -0.2) is 6.54 Å². The van der Waals surface area contributed by atoms with Crippen molar-refractivity contribution in [1.82, 2.24) is 5.32 Å². The summed E-state index contributed by atoms with van der Waals surface area (Å²) in [5.41, 5.74) is 2.28. The zero-order valence-corrected chi connectivity index (χ0v) is 7.37. The van der Waals surface area contributed by atoms with E-state index in [0.717, 1.165) is 23.1 Å². The molecule has 0 spiro atoms. The van der Waals surface area contributed by atoms with Crippen molar-refractivity contribution in [3.8, 4) is 0 Å². The van der Waals surface area contributed by atoms with Crippen LogP contribution in [0.3, 0.4) is 0 Å². The molecule has 1 fully saturated rings. The molecule has 1 heterocycles. The van der Waals surface area contributed by atoms with E-state index in [0.29, 0.717) is 0 Å². The Hall–Kier alpha value is -0.500. The first-order chi connectivity index (χ1) is 4.70. The summed E-state index contributed by atoms with van der Waals surface area (Å²) < 4.78 is 0.910. The van der Waals surface area contributed by atoms with E-state index < -0.39 is 0 Å². The topological polar surface area (TPSA) is 12.0 Å². The van der Waals surface area contributed by atoms with Crippen LogP contribution in [0.15, 0.2) is 35.0 Å². The second-order valence-electron chi connectivity index (χ2n) is 2.27. The molecule has 0 saturated carbocycles. The SMILES string of the molecule is C=C(Br)/C=C1/CCNC1=C. The highest BCUT2D eigenvalue weighted by molar-refractivity contribution is 9.11. The fourth-order valence-corrected chi connectivity index (χ4v) is 1.24. The fourth-order valence-electron chi connectivity index (χ4n) is 0.961. The van der Waals surface area contributed by atoms with Gasteiger partial charge in [0.1, 0.15) is 0 Å². The molecule has 1 aliphatic heterocycles. The largest absolute Gasteiger partial charge is 0.385 e. The molecule has 0 aromatic rings. The third-order valence-corrected chi connectivity index (χ3v) is 1.68. The molecule has 2 heteroatoms. The number of hydrogen-bond acceptors (Lipinski definition) is 1. The van der Waals surface area contributed by atoms with Crippen LogP contribution in [0.25, 0.3) is 0 Å². The summed E-state index contributed by atoms with van der Waals surface area (Å²) in [6, 6.07) is 0. The van der Waals surface area contributed by atoms with Crippen LogP contribution in [0.4, 0.5) is 0 Å². The van der Waals surface area contributed by atoms with Gasteiger partial charge in [-0.05, 0) is 18.1 Å². The number of halogens is 1. The van der Waals surface area contributed by atoms with Crippen molar-refractivity contribution in [1.29, 1.82) is 0 Å². The van der Waals surface area contributed by atoms with E-state index in [1.807, 2.05) is 6.08 Å². The van der Waals surface area contributed by atoms with Gasteiger partial charge in [0.05, 0.1) is 0 Å². The van der Waals surface area contributed by atoms with Gasteiger partial charge < -0.3 is 5.32 Å². The number of rotatable bonds is 1. The van der Waals surface area contributed by atoms with E-state index >= 15 is 0 Å². The Balaban J connectivity index is 2.72. The third-order valence-electron chi connectivity index (χ3n) is 1.45. The Morgan fingerprint density at radius 3 is 2.80 bits per heavy atom. The molecule has 1 aliphatic rings. The monoisotopic (exact) mass is 199 g/mol. The summed E-state index contributed by atoms with van der Waals surface area (Å²) in [6.07, 6.45) is 3.06. The summed E-state index contributed by atoms with van der Waals surface area (Å²) in [5.74, 6) is 0. The van der Waals surface area contributed by atoms with Crippen LogP contribution in [0.5, 0.6) is 0 Å². The van der Waals surface area contributed by atoms with E-state index in [1.54, 1.807) is 0 Å². The molecule has 0 unspecified atom stereocenters. The van der Waals surface area contributed by atoms with Crippen LogP contribution < -0.4 is 5.32 Å². The molecule has 0 aromatic heterocycles. The van der Waals surface area contributed by atoms with Crippen LogP contribution in [-0.2, 0) is 0 Å². The second-order valence-corrected chi connectivity index (χ2v) is 3.29. The second kappa shape index (κ2) is 3.06. The summed E-state index contributed by atoms with van der Waals surface area (Å²) in [6.45, 7) is 8.58. The van der Waals surface area contributed by atoms with Crippen LogP contribution in [0.2, 0.25) is 0 Å². The van der Waals surface area contributed by atoms with Crippen molar-refractivity contribution in [2.75, 3.05) is 6.54 Å². The number of nitrogens with one attached hydrogen (secondary N) is 1. The van der Waals surface area contributed by atoms with Gasteiger partial charge >= 0.3 is 0 Å². The Bertz CT molecular complexity index is 203. The van der Waals surface area contributed by atoms with Gasteiger partial charge in [-0.1, -0.05) is 29.1 Å².